The number of hydrogen-bond donors (Lipinski definition) is 5. The predicted molar refractivity (Wildman–Crippen MR) is 101 cm³/mol. The number of unbranched alkanes of at least 4 members (excludes halogenated alkanes) is 3. The second kappa shape index (κ2) is 13.7. The molecule has 0 aromatic rings. The van der Waals surface area contributed by atoms with E-state index >= 15 is 0 Å². The summed E-state index contributed by atoms with van der Waals surface area (Å²) in [6, 6.07) is -1.99. The molecule has 0 rings (SSSR count). The van der Waals surface area contributed by atoms with Crippen LogP contribution in [0.4, 0.5) is 0 Å². The third-order valence-electron chi connectivity index (χ3n) is 4.41. The lowest BCUT2D eigenvalue weighted by molar-refractivity contribution is -0.135. The van der Waals surface area contributed by atoms with Gasteiger partial charge in [0.1, 0.15) is 6.04 Å². The van der Waals surface area contributed by atoms with Crippen LogP contribution in [-0.4, -0.2) is 54.0 Å². The van der Waals surface area contributed by atoms with E-state index in [1.807, 2.05) is 0 Å². The Bertz CT molecular complexity index is 443. The number of hydrogen-bond acceptors (Lipinski definition) is 6. The molecule has 0 bridgehead atoms. The van der Waals surface area contributed by atoms with Crippen LogP contribution < -0.4 is 22.1 Å². The molecule has 0 spiro atoms. The Morgan fingerprint density at radius 2 is 1.62 bits per heavy atom. The number of carbonyl (C=O) groups excluding carboxylic acids is 3. The molecule has 0 saturated heterocycles. The van der Waals surface area contributed by atoms with Crippen molar-refractivity contribution in [2.75, 3.05) is 13.1 Å². The highest BCUT2D eigenvalue weighted by atomic mass is 16.3. The molecular weight excluding hydrogens is 336 g/mol. The van der Waals surface area contributed by atoms with Gasteiger partial charge in [-0.25, -0.2) is 0 Å². The van der Waals surface area contributed by atoms with Crippen LogP contribution in [0, 0.1) is 5.92 Å². The fourth-order valence-electron chi connectivity index (χ4n) is 2.63. The summed E-state index contributed by atoms with van der Waals surface area (Å²) >= 11 is 0. The monoisotopic (exact) mass is 372 g/mol. The number of ketones is 1. The highest BCUT2D eigenvalue weighted by Crippen LogP contribution is 2.11. The van der Waals surface area contributed by atoms with E-state index in [-0.39, 0.29) is 31.2 Å². The van der Waals surface area contributed by atoms with Crippen molar-refractivity contribution in [1.82, 2.24) is 10.6 Å². The molecule has 0 heterocycles. The van der Waals surface area contributed by atoms with Crippen LogP contribution in [0.15, 0.2) is 0 Å². The molecule has 0 aromatic heterocycles. The molecule has 7 N–H and O–H groups in total. The van der Waals surface area contributed by atoms with Crippen molar-refractivity contribution >= 4 is 17.6 Å². The first kappa shape index (κ1) is 24.5. The first-order valence-corrected chi connectivity index (χ1v) is 9.53. The van der Waals surface area contributed by atoms with Crippen molar-refractivity contribution in [3.05, 3.63) is 0 Å². The van der Waals surface area contributed by atoms with Crippen LogP contribution in [0.3, 0.4) is 0 Å². The molecular formula is C18H36N4O4. The van der Waals surface area contributed by atoms with Crippen LogP contribution in [0.25, 0.3) is 0 Å². The van der Waals surface area contributed by atoms with Gasteiger partial charge in [0.25, 0.3) is 0 Å². The maximum Gasteiger partial charge on any atom is 0.245 e. The molecule has 26 heavy (non-hydrogen) atoms. The van der Waals surface area contributed by atoms with Crippen LogP contribution >= 0.6 is 0 Å². The maximum absolute atomic E-state index is 12.4. The fraction of sp³-hybridized carbons (Fsp3) is 0.833. The van der Waals surface area contributed by atoms with Gasteiger partial charge in [-0.15, -0.1) is 0 Å². The van der Waals surface area contributed by atoms with Crippen molar-refractivity contribution in [3.63, 3.8) is 0 Å². The third kappa shape index (κ3) is 8.73. The summed E-state index contributed by atoms with van der Waals surface area (Å²) in [5, 5.41) is 15.0. The quantitative estimate of drug-likeness (QED) is 0.267. The number of aliphatic hydroxyl groups excluding tert-OH is 1. The SMILES string of the molecule is CCCCCCC(CN)C(=O)N[C@H](C(=O)N[C@@H](CN)C(=O)CC)[C@H](C)O. The summed E-state index contributed by atoms with van der Waals surface area (Å²) in [7, 11) is 0. The van der Waals surface area contributed by atoms with Gasteiger partial charge in [-0.05, 0) is 13.3 Å². The molecule has 8 heteroatoms. The van der Waals surface area contributed by atoms with Crippen LogP contribution in [0.5, 0.6) is 0 Å². The standard InChI is InChI=1S/C18H36N4O4/c1-4-6-7-8-9-13(10-19)17(25)22-16(12(3)23)18(26)21-14(11-20)15(24)5-2/h12-14,16,23H,4-11,19-20H2,1-3H3,(H,21,26)(H,22,25)/t12-,13?,14-,16-/m0/s1. The molecule has 4 atom stereocenters. The number of carbonyl (C=O) groups is 3. The molecule has 0 aliphatic carbocycles. The second-order valence-corrected chi connectivity index (χ2v) is 6.63. The van der Waals surface area contributed by atoms with Gasteiger partial charge in [0.05, 0.1) is 18.1 Å². The van der Waals surface area contributed by atoms with Crippen molar-refractivity contribution in [3.8, 4) is 0 Å². The predicted octanol–water partition coefficient (Wildman–Crippen LogP) is -0.180. The first-order chi connectivity index (χ1) is 12.3. The molecule has 0 fully saturated rings. The number of amides is 2. The van der Waals surface area contributed by atoms with Gasteiger partial charge in [-0.3, -0.25) is 14.4 Å². The lowest BCUT2D eigenvalue weighted by Gasteiger charge is -2.25. The summed E-state index contributed by atoms with van der Waals surface area (Å²) in [6.07, 6.45) is 3.86. The molecule has 8 nitrogen and oxygen atoms in total. The molecule has 0 aromatic carbocycles. The minimum absolute atomic E-state index is 0.0399. The number of rotatable bonds is 14. The van der Waals surface area contributed by atoms with Crippen molar-refractivity contribution in [1.29, 1.82) is 0 Å². The van der Waals surface area contributed by atoms with Gasteiger partial charge in [0.15, 0.2) is 5.78 Å². The Balaban J connectivity index is 4.84. The average Bonchev–Trinajstić information content (AvgIpc) is 2.62. The van der Waals surface area contributed by atoms with E-state index in [2.05, 4.69) is 17.6 Å². The summed E-state index contributed by atoms with van der Waals surface area (Å²) < 4.78 is 0. The zero-order valence-electron chi connectivity index (χ0n) is 16.3. The number of aliphatic hydroxyl groups is 1. The van der Waals surface area contributed by atoms with Crippen molar-refractivity contribution in [2.45, 2.75) is 77.5 Å². The molecule has 152 valence electrons. The summed E-state index contributed by atoms with van der Waals surface area (Å²) in [4.78, 5) is 36.6. The Morgan fingerprint density at radius 3 is 2.08 bits per heavy atom. The van der Waals surface area contributed by atoms with Gasteiger partial charge in [0, 0.05) is 19.5 Å². The van der Waals surface area contributed by atoms with Gasteiger partial charge < -0.3 is 27.2 Å². The zero-order chi connectivity index (χ0) is 20.1. The minimum atomic E-state index is -1.16. The Morgan fingerprint density at radius 1 is 0.962 bits per heavy atom. The van der Waals surface area contributed by atoms with E-state index in [1.54, 1.807) is 6.92 Å². The molecule has 2 amide bonds. The highest BCUT2D eigenvalue weighted by Gasteiger charge is 2.30. The highest BCUT2D eigenvalue weighted by molar-refractivity contribution is 5.93. The fourth-order valence-corrected chi connectivity index (χ4v) is 2.63. The number of nitrogens with two attached hydrogens (primary N) is 2. The van der Waals surface area contributed by atoms with E-state index < -0.39 is 30.0 Å². The minimum Gasteiger partial charge on any atom is -0.391 e. The lowest BCUT2D eigenvalue weighted by Crippen LogP contribution is -2.58. The van der Waals surface area contributed by atoms with Crippen molar-refractivity contribution < 1.29 is 19.5 Å². The van der Waals surface area contributed by atoms with Gasteiger partial charge in [-0.1, -0.05) is 39.5 Å². The van der Waals surface area contributed by atoms with Gasteiger partial charge in [0.2, 0.25) is 11.8 Å². The first-order valence-electron chi connectivity index (χ1n) is 9.53. The summed E-state index contributed by atoms with van der Waals surface area (Å²) in [6.45, 7) is 5.32. The lowest BCUT2D eigenvalue weighted by atomic mass is 9.99. The van der Waals surface area contributed by atoms with Gasteiger partial charge >= 0.3 is 0 Å². The average molecular weight is 373 g/mol. The van der Waals surface area contributed by atoms with Crippen LogP contribution in [0.2, 0.25) is 0 Å². The normalized spacial score (nSPS) is 15.6. The van der Waals surface area contributed by atoms with Crippen LogP contribution in [-0.2, 0) is 14.4 Å². The smallest absolute Gasteiger partial charge is 0.245 e. The molecule has 0 aliphatic rings. The summed E-state index contributed by atoms with van der Waals surface area (Å²) in [5.74, 6) is -1.61. The summed E-state index contributed by atoms with van der Waals surface area (Å²) in [5.41, 5.74) is 11.2. The molecule has 0 saturated carbocycles. The van der Waals surface area contributed by atoms with Gasteiger partial charge in [-0.2, -0.15) is 0 Å². The Labute approximate surface area is 156 Å². The largest absolute Gasteiger partial charge is 0.391 e. The van der Waals surface area contributed by atoms with E-state index in [0.29, 0.717) is 6.42 Å². The number of Topliss-reactive ketones (excluding diaryl/α,β-unsaturated/α-hetero) is 1. The molecule has 1 unspecified atom stereocenters. The maximum atomic E-state index is 12.4. The molecule has 0 aliphatic heterocycles. The van der Waals surface area contributed by atoms with E-state index in [4.69, 9.17) is 11.5 Å². The number of nitrogens with one attached hydrogen (secondary N) is 2. The Hall–Kier alpha value is -1.51. The Kier molecular flexibility index (Phi) is 12.9. The van der Waals surface area contributed by atoms with Crippen molar-refractivity contribution in [2.24, 2.45) is 17.4 Å². The van der Waals surface area contributed by atoms with Crippen LogP contribution in [0.1, 0.15) is 59.3 Å². The zero-order valence-corrected chi connectivity index (χ0v) is 16.3. The topological polar surface area (TPSA) is 148 Å². The van der Waals surface area contributed by atoms with E-state index in [0.717, 1.165) is 25.7 Å². The second-order valence-electron chi connectivity index (χ2n) is 6.63. The third-order valence-corrected chi connectivity index (χ3v) is 4.41. The van der Waals surface area contributed by atoms with E-state index in [9.17, 15) is 19.5 Å². The molecule has 0 radical (unpaired) electrons. The van der Waals surface area contributed by atoms with E-state index in [1.165, 1.54) is 6.92 Å².